The highest BCUT2D eigenvalue weighted by Gasteiger charge is 2.18. The molecule has 2 aliphatic heterocycles. The largest absolute Gasteiger partial charge is 0.490 e. The molecule has 2 aromatic rings. The predicted octanol–water partition coefficient (Wildman–Crippen LogP) is 3.81. The van der Waals surface area contributed by atoms with Crippen LogP contribution >= 0.6 is 0 Å². The van der Waals surface area contributed by atoms with Gasteiger partial charge in [0.25, 0.3) is 0 Å². The molecule has 2 aromatic carbocycles. The van der Waals surface area contributed by atoms with Crippen molar-refractivity contribution in [1.82, 2.24) is 4.90 Å². The molecule has 1 unspecified atom stereocenters. The van der Waals surface area contributed by atoms with Crippen molar-refractivity contribution in [3.05, 3.63) is 53.6 Å². The quantitative estimate of drug-likeness (QED) is 0.785. The van der Waals surface area contributed by atoms with E-state index in [0.29, 0.717) is 32.1 Å². The molecule has 160 valence electrons. The van der Waals surface area contributed by atoms with Crippen LogP contribution in [0.4, 0.5) is 5.69 Å². The molecule has 6 nitrogen and oxygen atoms in total. The number of benzene rings is 2. The summed E-state index contributed by atoms with van der Waals surface area (Å²) < 4.78 is 16.8. The van der Waals surface area contributed by atoms with Crippen molar-refractivity contribution in [3.63, 3.8) is 0 Å². The first-order valence-corrected chi connectivity index (χ1v) is 10.8. The zero-order valence-electron chi connectivity index (χ0n) is 17.6. The number of hydrogen-bond donors (Lipinski definition) is 1. The zero-order chi connectivity index (χ0) is 20.8. The number of fused-ring (bicyclic) bond motifs is 1. The lowest BCUT2D eigenvalue weighted by Crippen LogP contribution is -2.37. The van der Waals surface area contributed by atoms with Crippen LogP contribution in [0.1, 0.15) is 36.9 Å². The number of hydrogen-bond acceptors (Lipinski definition) is 5. The molecule has 0 spiro atoms. The fourth-order valence-corrected chi connectivity index (χ4v) is 3.87. The number of rotatable bonds is 6. The monoisotopic (exact) mass is 410 g/mol. The Labute approximate surface area is 178 Å². The van der Waals surface area contributed by atoms with Gasteiger partial charge in [0.2, 0.25) is 5.91 Å². The van der Waals surface area contributed by atoms with Crippen molar-refractivity contribution < 1.29 is 19.0 Å². The molecule has 2 aliphatic rings. The maximum Gasteiger partial charge on any atom is 0.224 e. The molecular formula is C24H30N2O4. The third-order valence-electron chi connectivity index (χ3n) is 5.72. The number of ether oxygens (including phenoxy) is 3. The molecule has 0 aromatic heterocycles. The van der Waals surface area contributed by atoms with Crippen LogP contribution in [-0.4, -0.2) is 50.3 Å². The van der Waals surface area contributed by atoms with Crippen molar-refractivity contribution in [2.24, 2.45) is 0 Å². The number of anilines is 1. The van der Waals surface area contributed by atoms with E-state index in [9.17, 15) is 4.79 Å². The van der Waals surface area contributed by atoms with E-state index in [2.05, 4.69) is 29.3 Å². The molecule has 0 saturated carbocycles. The van der Waals surface area contributed by atoms with Gasteiger partial charge >= 0.3 is 0 Å². The zero-order valence-corrected chi connectivity index (χ0v) is 17.6. The highest BCUT2D eigenvalue weighted by molar-refractivity contribution is 5.90. The fourth-order valence-electron chi connectivity index (χ4n) is 3.87. The van der Waals surface area contributed by atoms with E-state index in [1.165, 1.54) is 5.56 Å². The number of carbonyl (C=O) groups excluding carboxylic acids is 1. The topological polar surface area (TPSA) is 60.0 Å². The number of carbonyl (C=O) groups is 1. The summed E-state index contributed by atoms with van der Waals surface area (Å²) in [5, 5.41) is 3.00. The summed E-state index contributed by atoms with van der Waals surface area (Å²) in [5.74, 6) is 1.57. The molecule has 6 heteroatoms. The Hall–Kier alpha value is -2.57. The van der Waals surface area contributed by atoms with Gasteiger partial charge in [-0.2, -0.15) is 0 Å². The van der Waals surface area contributed by atoms with Crippen LogP contribution in [0.25, 0.3) is 0 Å². The molecule has 30 heavy (non-hydrogen) atoms. The molecule has 1 saturated heterocycles. The van der Waals surface area contributed by atoms with Crippen LogP contribution in [0.3, 0.4) is 0 Å². The Balaban J connectivity index is 1.28. The smallest absolute Gasteiger partial charge is 0.224 e. The molecule has 0 aliphatic carbocycles. The number of nitrogens with one attached hydrogen (secondary N) is 1. The molecule has 0 bridgehead atoms. The molecule has 1 amide bonds. The average molecular weight is 411 g/mol. The van der Waals surface area contributed by atoms with Gasteiger partial charge in [0, 0.05) is 37.7 Å². The Morgan fingerprint density at radius 3 is 2.50 bits per heavy atom. The van der Waals surface area contributed by atoms with Crippen molar-refractivity contribution in [2.75, 3.05) is 44.8 Å². The molecule has 1 fully saturated rings. The fraction of sp³-hybridized carbons (Fsp3) is 0.458. The van der Waals surface area contributed by atoms with Crippen LogP contribution in [0, 0.1) is 0 Å². The number of morpholine rings is 1. The van der Waals surface area contributed by atoms with Gasteiger partial charge in [-0.25, -0.2) is 0 Å². The third kappa shape index (κ3) is 5.32. The van der Waals surface area contributed by atoms with Crippen molar-refractivity contribution >= 4 is 11.6 Å². The maximum absolute atomic E-state index is 12.4. The second kappa shape index (κ2) is 9.96. The van der Waals surface area contributed by atoms with E-state index >= 15 is 0 Å². The minimum absolute atomic E-state index is 0.0103. The van der Waals surface area contributed by atoms with Crippen LogP contribution in [0.15, 0.2) is 42.5 Å². The molecule has 2 heterocycles. The lowest BCUT2D eigenvalue weighted by molar-refractivity contribution is -0.116. The minimum Gasteiger partial charge on any atom is -0.490 e. The van der Waals surface area contributed by atoms with E-state index in [-0.39, 0.29) is 5.91 Å². The van der Waals surface area contributed by atoms with Crippen LogP contribution in [0.5, 0.6) is 11.5 Å². The number of nitrogens with zero attached hydrogens (tertiary/aromatic N) is 1. The van der Waals surface area contributed by atoms with E-state index < -0.39 is 0 Å². The van der Waals surface area contributed by atoms with Gasteiger partial charge in [0.05, 0.1) is 26.4 Å². The van der Waals surface area contributed by atoms with E-state index in [1.807, 2.05) is 30.3 Å². The molecule has 1 atom stereocenters. The number of amides is 1. The van der Waals surface area contributed by atoms with Crippen LogP contribution in [0.2, 0.25) is 0 Å². The second-order valence-electron chi connectivity index (χ2n) is 7.83. The first-order valence-electron chi connectivity index (χ1n) is 10.8. The van der Waals surface area contributed by atoms with E-state index in [4.69, 9.17) is 14.2 Å². The summed E-state index contributed by atoms with van der Waals surface area (Å²) in [6.45, 7) is 7.06. The van der Waals surface area contributed by atoms with Crippen molar-refractivity contribution in [3.8, 4) is 11.5 Å². The first-order chi connectivity index (χ1) is 14.7. The third-order valence-corrected chi connectivity index (χ3v) is 5.72. The van der Waals surface area contributed by atoms with Gasteiger partial charge < -0.3 is 19.5 Å². The highest BCUT2D eigenvalue weighted by Crippen LogP contribution is 2.30. The maximum atomic E-state index is 12.4. The van der Waals surface area contributed by atoms with E-state index in [1.54, 1.807) is 0 Å². The second-order valence-corrected chi connectivity index (χ2v) is 7.83. The SMILES string of the molecule is CC(c1ccc(NC(=O)CCc2ccc3c(c2)OCCCO3)cc1)N1CCOCC1. The highest BCUT2D eigenvalue weighted by atomic mass is 16.5. The summed E-state index contributed by atoms with van der Waals surface area (Å²) in [7, 11) is 0. The lowest BCUT2D eigenvalue weighted by Gasteiger charge is -2.32. The number of aryl methyl sites for hydroxylation is 1. The first kappa shape index (κ1) is 20.7. The van der Waals surface area contributed by atoms with Gasteiger partial charge in [-0.05, 0) is 48.7 Å². The summed E-state index contributed by atoms with van der Waals surface area (Å²) in [4.78, 5) is 14.8. The van der Waals surface area contributed by atoms with Gasteiger partial charge in [-0.1, -0.05) is 18.2 Å². The van der Waals surface area contributed by atoms with E-state index in [0.717, 1.165) is 55.5 Å². The Morgan fingerprint density at radius 1 is 1.00 bits per heavy atom. The Bertz CT molecular complexity index is 847. The molecule has 4 rings (SSSR count). The van der Waals surface area contributed by atoms with Crippen LogP contribution < -0.4 is 14.8 Å². The molecule has 1 N–H and O–H groups in total. The standard InChI is InChI=1S/C24H30N2O4/c1-18(26-11-15-28-16-12-26)20-5-7-21(8-6-20)25-24(27)10-4-19-3-9-22-23(17-19)30-14-2-13-29-22/h3,5-9,17-18H,2,4,10-16H2,1H3,(H,25,27). The normalized spacial score (nSPS) is 17.8. The van der Waals surface area contributed by atoms with Gasteiger partial charge in [-0.15, -0.1) is 0 Å². The summed E-state index contributed by atoms with van der Waals surface area (Å²) >= 11 is 0. The minimum atomic E-state index is 0.0103. The molecular weight excluding hydrogens is 380 g/mol. The predicted molar refractivity (Wildman–Crippen MR) is 116 cm³/mol. The van der Waals surface area contributed by atoms with Gasteiger partial charge in [0.1, 0.15) is 0 Å². The van der Waals surface area contributed by atoms with Crippen molar-refractivity contribution in [2.45, 2.75) is 32.2 Å². The van der Waals surface area contributed by atoms with Crippen LogP contribution in [-0.2, 0) is 16.0 Å². The Kier molecular flexibility index (Phi) is 6.87. The summed E-state index contributed by atoms with van der Waals surface area (Å²) in [6, 6.07) is 14.4. The lowest BCUT2D eigenvalue weighted by atomic mass is 10.1. The summed E-state index contributed by atoms with van der Waals surface area (Å²) in [5.41, 5.74) is 3.16. The Morgan fingerprint density at radius 2 is 1.73 bits per heavy atom. The molecule has 0 radical (unpaired) electrons. The van der Waals surface area contributed by atoms with Gasteiger partial charge in [0.15, 0.2) is 11.5 Å². The average Bonchev–Trinajstić information content (AvgIpc) is 3.03. The summed E-state index contributed by atoms with van der Waals surface area (Å²) in [6.07, 6.45) is 1.97. The van der Waals surface area contributed by atoms with Crippen molar-refractivity contribution in [1.29, 1.82) is 0 Å². The van der Waals surface area contributed by atoms with Gasteiger partial charge in [-0.3, -0.25) is 9.69 Å².